The fraction of sp³-hybridized carbons (Fsp3) is 1.00. The van der Waals surface area contributed by atoms with E-state index in [0.717, 1.165) is 12.5 Å². The second-order valence-electron chi connectivity index (χ2n) is 5.83. The molecule has 13 heavy (non-hydrogen) atoms. The lowest BCUT2D eigenvalue weighted by atomic mass is 9.66. The predicted octanol–water partition coefficient (Wildman–Crippen LogP) is 1.11. The number of rotatable bonds is 1. The van der Waals surface area contributed by atoms with E-state index in [1.807, 2.05) is 0 Å². The van der Waals surface area contributed by atoms with Crippen molar-refractivity contribution in [3.05, 3.63) is 0 Å². The zero-order chi connectivity index (χ0) is 9.32. The third-order valence-corrected chi connectivity index (χ3v) is 5.95. The maximum atomic E-state index is 5.97. The van der Waals surface area contributed by atoms with Gasteiger partial charge in [0.05, 0.1) is 0 Å². The standard InChI is InChI=1S/C11H20N2/c1-9-7-13-11(6-12)5-8(9)3-4-10(9,11)2/h8,13H,3-7,12H2,1-2H3/t8-,9+,10-,11+/m1/s1. The lowest BCUT2D eigenvalue weighted by Crippen LogP contribution is -2.56. The molecular formula is C11H20N2. The summed E-state index contributed by atoms with van der Waals surface area (Å²) in [6.45, 7) is 6.97. The van der Waals surface area contributed by atoms with Crippen LogP contribution in [-0.2, 0) is 0 Å². The Labute approximate surface area is 80.3 Å². The normalized spacial score (nSPS) is 63.5. The smallest absolute Gasteiger partial charge is 0.0366 e. The van der Waals surface area contributed by atoms with Crippen molar-refractivity contribution < 1.29 is 0 Å². The number of piperidine rings is 1. The quantitative estimate of drug-likeness (QED) is 0.634. The van der Waals surface area contributed by atoms with E-state index in [0.29, 0.717) is 16.4 Å². The van der Waals surface area contributed by atoms with Crippen molar-refractivity contribution in [2.45, 2.75) is 38.6 Å². The molecule has 3 fully saturated rings. The summed E-state index contributed by atoms with van der Waals surface area (Å²) in [6, 6.07) is 0. The molecule has 2 saturated carbocycles. The molecule has 1 saturated heterocycles. The van der Waals surface area contributed by atoms with E-state index in [1.165, 1.54) is 25.8 Å². The minimum atomic E-state index is 0.296. The van der Waals surface area contributed by atoms with Crippen LogP contribution >= 0.6 is 0 Å². The second kappa shape index (κ2) is 1.96. The van der Waals surface area contributed by atoms with Gasteiger partial charge in [0.2, 0.25) is 0 Å². The third-order valence-electron chi connectivity index (χ3n) is 5.95. The van der Waals surface area contributed by atoms with E-state index in [4.69, 9.17) is 5.73 Å². The Morgan fingerprint density at radius 2 is 2.23 bits per heavy atom. The maximum Gasteiger partial charge on any atom is 0.0366 e. The summed E-state index contributed by atoms with van der Waals surface area (Å²) >= 11 is 0. The van der Waals surface area contributed by atoms with Crippen molar-refractivity contribution in [1.82, 2.24) is 5.32 Å². The molecule has 0 aromatic rings. The molecule has 3 aliphatic rings. The van der Waals surface area contributed by atoms with Gasteiger partial charge in [0, 0.05) is 18.6 Å². The van der Waals surface area contributed by atoms with Crippen LogP contribution in [0.25, 0.3) is 0 Å². The van der Waals surface area contributed by atoms with E-state index < -0.39 is 0 Å². The molecule has 3 rings (SSSR count). The number of nitrogens with two attached hydrogens (primary N) is 1. The van der Waals surface area contributed by atoms with Crippen molar-refractivity contribution in [2.24, 2.45) is 22.5 Å². The highest BCUT2D eigenvalue weighted by molar-refractivity contribution is 5.27. The van der Waals surface area contributed by atoms with Gasteiger partial charge >= 0.3 is 0 Å². The summed E-state index contributed by atoms with van der Waals surface area (Å²) < 4.78 is 0. The molecule has 0 aromatic heterocycles. The molecular weight excluding hydrogens is 160 g/mol. The number of hydrogen-bond acceptors (Lipinski definition) is 2. The van der Waals surface area contributed by atoms with E-state index in [-0.39, 0.29) is 0 Å². The SMILES string of the molecule is C[C@]12CC[C@@H]3C[C@@]1(CN)NC[C@@]32C. The van der Waals surface area contributed by atoms with Gasteiger partial charge in [-0.25, -0.2) is 0 Å². The first kappa shape index (κ1) is 8.25. The van der Waals surface area contributed by atoms with Gasteiger partial charge in [0.15, 0.2) is 0 Å². The van der Waals surface area contributed by atoms with Crippen LogP contribution in [0.1, 0.15) is 33.1 Å². The van der Waals surface area contributed by atoms with E-state index in [9.17, 15) is 0 Å². The highest BCUT2D eigenvalue weighted by Crippen LogP contribution is 2.72. The molecule has 0 radical (unpaired) electrons. The zero-order valence-corrected chi connectivity index (χ0v) is 8.69. The van der Waals surface area contributed by atoms with E-state index >= 15 is 0 Å². The maximum absolute atomic E-state index is 5.97. The van der Waals surface area contributed by atoms with Gasteiger partial charge in [-0.2, -0.15) is 0 Å². The van der Waals surface area contributed by atoms with Gasteiger partial charge in [0.1, 0.15) is 0 Å². The average Bonchev–Trinajstić information content (AvgIpc) is 2.58. The molecule has 4 atom stereocenters. The Balaban J connectivity index is 2.14. The molecule has 0 aromatic carbocycles. The summed E-state index contributed by atoms with van der Waals surface area (Å²) in [5, 5.41) is 3.71. The van der Waals surface area contributed by atoms with Gasteiger partial charge in [-0.15, -0.1) is 0 Å². The van der Waals surface area contributed by atoms with E-state index in [1.54, 1.807) is 0 Å². The molecule has 2 nitrogen and oxygen atoms in total. The largest absolute Gasteiger partial charge is 0.329 e. The van der Waals surface area contributed by atoms with Crippen LogP contribution in [-0.4, -0.2) is 18.6 Å². The minimum Gasteiger partial charge on any atom is -0.329 e. The molecule has 3 N–H and O–H groups in total. The lowest BCUT2D eigenvalue weighted by Gasteiger charge is -2.42. The van der Waals surface area contributed by atoms with Crippen LogP contribution in [0.3, 0.4) is 0 Å². The van der Waals surface area contributed by atoms with Crippen LogP contribution < -0.4 is 11.1 Å². The summed E-state index contributed by atoms with van der Waals surface area (Å²) in [6.07, 6.45) is 4.16. The van der Waals surface area contributed by atoms with Crippen LogP contribution in [0, 0.1) is 16.7 Å². The van der Waals surface area contributed by atoms with Gasteiger partial charge in [0.25, 0.3) is 0 Å². The first-order valence-electron chi connectivity index (χ1n) is 5.53. The zero-order valence-electron chi connectivity index (χ0n) is 8.69. The molecule has 1 aliphatic heterocycles. The van der Waals surface area contributed by atoms with Crippen molar-refractivity contribution >= 4 is 0 Å². The Morgan fingerprint density at radius 1 is 1.46 bits per heavy atom. The predicted molar refractivity (Wildman–Crippen MR) is 53.3 cm³/mol. The monoisotopic (exact) mass is 180 g/mol. The topological polar surface area (TPSA) is 38.0 Å². The fourth-order valence-electron chi connectivity index (χ4n) is 4.62. The Kier molecular flexibility index (Phi) is 1.24. The third kappa shape index (κ3) is 0.581. The molecule has 4 bridgehead atoms. The highest BCUT2D eigenvalue weighted by atomic mass is 15.1. The van der Waals surface area contributed by atoms with Crippen LogP contribution in [0.4, 0.5) is 0 Å². The highest BCUT2D eigenvalue weighted by Gasteiger charge is 2.73. The van der Waals surface area contributed by atoms with Crippen molar-refractivity contribution in [1.29, 1.82) is 0 Å². The van der Waals surface area contributed by atoms with Crippen LogP contribution in [0.5, 0.6) is 0 Å². The van der Waals surface area contributed by atoms with Gasteiger partial charge in [-0.3, -0.25) is 0 Å². The first-order valence-corrected chi connectivity index (χ1v) is 5.53. The summed E-state index contributed by atoms with van der Waals surface area (Å²) in [5.74, 6) is 0.947. The Morgan fingerprint density at radius 3 is 2.69 bits per heavy atom. The molecule has 74 valence electrons. The van der Waals surface area contributed by atoms with Crippen molar-refractivity contribution in [2.75, 3.05) is 13.1 Å². The molecule has 0 spiro atoms. The summed E-state index contributed by atoms with van der Waals surface area (Å²) in [5.41, 5.74) is 7.30. The van der Waals surface area contributed by atoms with Gasteiger partial charge in [-0.1, -0.05) is 13.8 Å². The van der Waals surface area contributed by atoms with Crippen molar-refractivity contribution in [3.63, 3.8) is 0 Å². The first-order chi connectivity index (χ1) is 6.08. The van der Waals surface area contributed by atoms with Crippen LogP contribution in [0.2, 0.25) is 0 Å². The van der Waals surface area contributed by atoms with Crippen molar-refractivity contribution in [3.8, 4) is 0 Å². The molecule has 2 aliphatic carbocycles. The van der Waals surface area contributed by atoms with Gasteiger partial charge in [-0.05, 0) is 36.0 Å². The Bertz CT molecular complexity index is 265. The molecule has 1 heterocycles. The summed E-state index contributed by atoms with van der Waals surface area (Å²) in [4.78, 5) is 0. The van der Waals surface area contributed by atoms with Gasteiger partial charge < -0.3 is 11.1 Å². The summed E-state index contributed by atoms with van der Waals surface area (Å²) in [7, 11) is 0. The van der Waals surface area contributed by atoms with Crippen LogP contribution in [0.15, 0.2) is 0 Å². The lowest BCUT2D eigenvalue weighted by molar-refractivity contribution is 0.133. The second-order valence-corrected chi connectivity index (χ2v) is 5.83. The minimum absolute atomic E-state index is 0.296. The average molecular weight is 180 g/mol. The molecule has 2 heteroatoms. The van der Waals surface area contributed by atoms with E-state index in [2.05, 4.69) is 19.2 Å². The number of nitrogens with one attached hydrogen (secondary N) is 1. The fourth-order valence-corrected chi connectivity index (χ4v) is 4.62. The Hall–Kier alpha value is -0.0800. The molecule has 0 amide bonds. The molecule has 0 unspecified atom stereocenters. The number of hydrogen-bond donors (Lipinski definition) is 2.